The zero-order valence-electron chi connectivity index (χ0n) is 19.8. The summed E-state index contributed by atoms with van der Waals surface area (Å²) in [5.41, 5.74) is 0.218. The highest BCUT2D eigenvalue weighted by Crippen LogP contribution is 2.31. The van der Waals surface area contributed by atoms with E-state index in [1.54, 1.807) is 6.92 Å². The number of ether oxygens (including phenoxy) is 2. The number of hydrogen-bond donors (Lipinski definition) is 2. The monoisotopic (exact) mass is 456 g/mol. The minimum atomic E-state index is -1.76. The first-order chi connectivity index (χ1) is 15.6. The lowest BCUT2D eigenvalue weighted by molar-refractivity contribution is -0.153. The van der Waals surface area contributed by atoms with E-state index in [0.717, 1.165) is 17.7 Å². The quantitative estimate of drug-likeness (QED) is 0.501. The van der Waals surface area contributed by atoms with Crippen molar-refractivity contribution in [2.24, 2.45) is 0 Å². The van der Waals surface area contributed by atoms with Gasteiger partial charge in [0.25, 0.3) is 5.91 Å². The van der Waals surface area contributed by atoms with Gasteiger partial charge in [-0.1, -0.05) is 30.3 Å². The number of nitrogens with zero attached hydrogens (tertiary/aromatic N) is 1. The maximum Gasteiger partial charge on any atom is 0.329 e. The fourth-order valence-electron chi connectivity index (χ4n) is 3.45. The largest absolute Gasteiger partial charge is 0.496 e. The summed E-state index contributed by atoms with van der Waals surface area (Å²) in [5, 5.41) is 12.7. The number of imide groups is 1. The molecule has 33 heavy (non-hydrogen) atoms. The van der Waals surface area contributed by atoms with Gasteiger partial charge in [0.15, 0.2) is 0 Å². The summed E-state index contributed by atoms with van der Waals surface area (Å²) in [6, 6.07) is 12.9. The van der Waals surface area contributed by atoms with Crippen LogP contribution in [0.3, 0.4) is 0 Å². The van der Waals surface area contributed by atoms with Gasteiger partial charge < -0.3 is 19.9 Å². The lowest BCUT2D eigenvalue weighted by Gasteiger charge is -2.33. The summed E-state index contributed by atoms with van der Waals surface area (Å²) in [5.74, 6) is -1.87. The predicted octanol–water partition coefficient (Wildman–Crippen LogP) is 3.07. The number of amides is 2. The summed E-state index contributed by atoms with van der Waals surface area (Å²) in [6.07, 6.45) is 1.63. The number of carbonyl (C=O) groups is 3. The predicted molar refractivity (Wildman–Crippen MR) is 125 cm³/mol. The molecule has 0 fully saturated rings. The Morgan fingerprint density at radius 3 is 2.12 bits per heavy atom. The van der Waals surface area contributed by atoms with Crippen molar-refractivity contribution in [1.29, 1.82) is 0 Å². The molecular formula is C25H32N2O6. The average Bonchev–Trinajstić information content (AvgIpc) is 2.79. The molecule has 8 heteroatoms. The van der Waals surface area contributed by atoms with E-state index in [1.807, 2.05) is 30.3 Å². The van der Waals surface area contributed by atoms with Gasteiger partial charge in [-0.25, -0.2) is 4.79 Å². The van der Waals surface area contributed by atoms with Crippen LogP contribution in [0.2, 0.25) is 0 Å². The van der Waals surface area contributed by atoms with Gasteiger partial charge in [0.2, 0.25) is 5.91 Å². The first-order valence-electron chi connectivity index (χ1n) is 10.7. The number of carboxylic acids is 1. The van der Waals surface area contributed by atoms with Crippen LogP contribution >= 0.6 is 0 Å². The van der Waals surface area contributed by atoms with Crippen molar-refractivity contribution >= 4 is 17.8 Å². The number of rotatable bonds is 11. The number of methoxy groups -OCH3 is 2. The molecule has 2 aromatic rings. The van der Waals surface area contributed by atoms with Gasteiger partial charge in [0, 0.05) is 11.1 Å². The average molecular weight is 457 g/mol. The number of nitrogens with one attached hydrogen (secondary N) is 1. The lowest BCUT2D eigenvalue weighted by atomic mass is 10.00. The van der Waals surface area contributed by atoms with Gasteiger partial charge in [0.1, 0.15) is 17.0 Å². The Morgan fingerprint density at radius 1 is 1.03 bits per heavy atom. The van der Waals surface area contributed by atoms with E-state index < -0.39 is 23.3 Å². The molecule has 0 spiro atoms. The van der Waals surface area contributed by atoms with Crippen molar-refractivity contribution < 1.29 is 29.0 Å². The molecule has 0 unspecified atom stereocenters. The molecule has 0 radical (unpaired) electrons. The van der Waals surface area contributed by atoms with E-state index in [1.165, 1.54) is 45.8 Å². The van der Waals surface area contributed by atoms with Crippen LogP contribution in [0.5, 0.6) is 11.5 Å². The summed E-state index contributed by atoms with van der Waals surface area (Å²) < 4.78 is 10.6. The van der Waals surface area contributed by atoms with Crippen LogP contribution in [0.15, 0.2) is 42.5 Å². The fraction of sp³-hybridized carbons (Fsp3) is 0.400. The van der Waals surface area contributed by atoms with E-state index in [9.17, 15) is 19.5 Å². The molecule has 0 saturated carbocycles. The van der Waals surface area contributed by atoms with Gasteiger partial charge in [-0.2, -0.15) is 0 Å². The van der Waals surface area contributed by atoms with Gasteiger partial charge >= 0.3 is 5.97 Å². The molecule has 0 heterocycles. The first kappa shape index (κ1) is 25.9. The molecule has 0 atom stereocenters. The van der Waals surface area contributed by atoms with Gasteiger partial charge in [-0.05, 0) is 57.9 Å². The van der Waals surface area contributed by atoms with E-state index in [0.29, 0.717) is 23.6 Å². The van der Waals surface area contributed by atoms with Crippen LogP contribution in [0.4, 0.5) is 0 Å². The fourth-order valence-corrected chi connectivity index (χ4v) is 3.45. The molecule has 2 aromatic carbocycles. The molecule has 0 aliphatic rings. The topological polar surface area (TPSA) is 105 Å². The van der Waals surface area contributed by atoms with Gasteiger partial charge in [0.05, 0.1) is 20.8 Å². The summed E-state index contributed by atoms with van der Waals surface area (Å²) in [4.78, 5) is 39.1. The normalized spacial score (nSPS) is 11.1. The number of benzene rings is 2. The molecule has 178 valence electrons. The Morgan fingerprint density at radius 2 is 1.61 bits per heavy atom. The van der Waals surface area contributed by atoms with E-state index >= 15 is 0 Å². The van der Waals surface area contributed by atoms with Gasteiger partial charge in [-0.3, -0.25) is 14.5 Å². The lowest BCUT2D eigenvalue weighted by Crippen LogP contribution is -2.57. The molecule has 8 nitrogen and oxygen atoms in total. The van der Waals surface area contributed by atoms with E-state index in [4.69, 9.17) is 9.47 Å². The van der Waals surface area contributed by atoms with E-state index in [2.05, 4.69) is 5.32 Å². The van der Waals surface area contributed by atoms with Crippen molar-refractivity contribution in [2.75, 3.05) is 27.3 Å². The summed E-state index contributed by atoms with van der Waals surface area (Å²) >= 11 is 0. The number of aryl methyl sites for hydroxylation is 1. The molecule has 0 aliphatic carbocycles. The highest BCUT2D eigenvalue weighted by atomic mass is 16.5. The molecule has 0 bridgehead atoms. The maximum absolute atomic E-state index is 13.4. The van der Waals surface area contributed by atoms with Crippen LogP contribution in [-0.4, -0.2) is 60.6 Å². The van der Waals surface area contributed by atoms with Crippen LogP contribution in [0, 0.1) is 6.92 Å². The van der Waals surface area contributed by atoms with Crippen molar-refractivity contribution in [3.8, 4) is 11.5 Å². The van der Waals surface area contributed by atoms with E-state index in [-0.39, 0.29) is 12.1 Å². The number of carbonyl (C=O) groups excluding carboxylic acids is 2. The maximum atomic E-state index is 13.4. The third-order valence-electron chi connectivity index (χ3n) is 5.47. The van der Waals surface area contributed by atoms with Crippen molar-refractivity contribution in [2.45, 2.75) is 39.2 Å². The second-order valence-corrected chi connectivity index (χ2v) is 8.17. The molecular weight excluding hydrogens is 424 g/mol. The molecule has 2 N–H and O–H groups in total. The Labute approximate surface area is 194 Å². The summed E-state index contributed by atoms with van der Waals surface area (Å²) in [7, 11) is 2.92. The Bertz CT molecular complexity index is 963. The molecule has 0 saturated heterocycles. The highest BCUT2D eigenvalue weighted by molar-refractivity contribution is 6.09. The zero-order valence-corrected chi connectivity index (χ0v) is 19.8. The van der Waals surface area contributed by atoms with Crippen LogP contribution < -0.4 is 14.8 Å². The second-order valence-electron chi connectivity index (χ2n) is 8.17. The third kappa shape index (κ3) is 6.32. The smallest absolute Gasteiger partial charge is 0.329 e. The van der Waals surface area contributed by atoms with Gasteiger partial charge in [-0.15, -0.1) is 0 Å². The van der Waals surface area contributed by atoms with Crippen LogP contribution in [0.25, 0.3) is 0 Å². The van der Waals surface area contributed by atoms with Crippen molar-refractivity contribution in [3.05, 3.63) is 59.2 Å². The molecule has 0 aliphatic heterocycles. The van der Waals surface area contributed by atoms with Crippen LogP contribution in [-0.2, 0) is 16.0 Å². The second kappa shape index (κ2) is 11.5. The number of carboxylic acid groups (broad SMARTS) is 1. The molecule has 2 rings (SSSR count). The highest BCUT2D eigenvalue weighted by Gasteiger charge is 2.42. The number of aliphatic carboxylic acids is 1. The third-order valence-corrected chi connectivity index (χ3v) is 5.47. The zero-order chi connectivity index (χ0) is 24.6. The van der Waals surface area contributed by atoms with Crippen molar-refractivity contribution in [1.82, 2.24) is 10.2 Å². The Hall–Kier alpha value is -3.39. The first-order valence-corrected chi connectivity index (χ1v) is 10.7. The van der Waals surface area contributed by atoms with Crippen LogP contribution in [0.1, 0.15) is 41.8 Å². The minimum absolute atomic E-state index is 0.0982. The molecule has 0 aromatic heterocycles. The summed E-state index contributed by atoms with van der Waals surface area (Å²) in [6.45, 7) is 4.79. The minimum Gasteiger partial charge on any atom is -0.496 e. The number of hydrogen-bond acceptors (Lipinski definition) is 6. The standard InChI is InChI=1S/C25H32N2O6/c1-17-20(32-4)14-19(15-21(17)33-5)23(29)27(25(2,3)24(30)31)22(28)16-26-13-9-12-18-10-7-6-8-11-18/h6-8,10-11,14-15,26H,9,12-13,16H2,1-5H3,(H,30,31). The Balaban J connectivity index is 2.18. The van der Waals surface area contributed by atoms with Crippen molar-refractivity contribution in [3.63, 3.8) is 0 Å². The Kier molecular flexibility index (Phi) is 8.99. The SMILES string of the molecule is COc1cc(C(=O)N(C(=O)CNCCCc2ccccc2)C(C)(C)C(=O)O)cc(OC)c1C. The molecule has 2 amide bonds.